The summed E-state index contributed by atoms with van der Waals surface area (Å²) in [5.41, 5.74) is -0.476. The number of carbonyl (C=O) groups is 2. The summed E-state index contributed by atoms with van der Waals surface area (Å²) in [6, 6.07) is 0.208. The van der Waals surface area contributed by atoms with Crippen molar-refractivity contribution in [1.82, 2.24) is 20.4 Å². The second-order valence-corrected chi connectivity index (χ2v) is 9.71. The van der Waals surface area contributed by atoms with Crippen LogP contribution in [0, 0.1) is 11.8 Å². The first-order valence-electron chi connectivity index (χ1n) is 11.3. The summed E-state index contributed by atoms with van der Waals surface area (Å²) in [5.74, 6) is 1.53. The van der Waals surface area contributed by atoms with Crippen molar-refractivity contribution < 1.29 is 14.3 Å². The Balaban J connectivity index is 1.83. The molecule has 0 atom stereocenters. The zero-order chi connectivity index (χ0) is 22.3. The van der Waals surface area contributed by atoms with Crippen molar-refractivity contribution in [2.24, 2.45) is 16.8 Å². The zero-order valence-electron chi connectivity index (χ0n) is 19.7. The molecule has 0 unspecified atom stereocenters. The van der Waals surface area contributed by atoms with Crippen LogP contribution in [0.3, 0.4) is 0 Å². The van der Waals surface area contributed by atoms with E-state index in [1.54, 1.807) is 7.05 Å². The second-order valence-electron chi connectivity index (χ2n) is 9.71. The molecule has 1 aliphatic heterocycles. The van der Waals surface area contributed by atoms with Gasteiger partial charge in [0.1, 0.15) is 5.60 Å². The monoisotopic (exact) mass is 423 g/mol. The number of piperidine rings is 1. The lowest BCUT2D eigenvalue weighted by Gasteiger charge is -2.40. The molecule has 2 amide bonds. The molecule has 1 heterocycles. The molecule has 0 spiro atoms. The number of hydrogen-bond donors (Lipinski definition) is 2. The van der Waals surface area contributed by atoms with Crippen molar-refractivity contribution in [3.8, 4) is 0 Å². The van der Waals surface area contributed by atoms with Crippen LogP contribution in [0.5, 0.6) is 0 Å². The molecule has 0 aromatic heterocycles. The molecular formula is C22H41N5O3. The van der Waals surface area contributed by atoms with Crippen LogP contribution in [0.2, 0.25) is 0 Å². The highest BCUT2D eigenvalue weighted by molar-refractivity contribution is 5.80. The summed E-state index contributed by atoms with van der Waals surface area (Å²) >= 11 is 0. The van der Waals surface area contributed by atoms with E-state index in [0.717, 1.165) is 38.4 Å². The van der Waals surface area contributed by atoms with Gasteiger partial charge in [-0.3, -0.25) is 9.79 Å². The van der Waals surface area contributed by atoms with E-state index in [2.05, 4.69) is 20.5 Å². The standard InChI is InChI=1S/C22H41N5O3/c1-16(2)19(28)24-11-12-25-20(23-6)26-13-9-18(10-14-26)27(15-17-7-8-17)21(29)30-22(3,4)5/h16-18H,7-15H2,1-6H3,(H,23,25)(H,24,28). The van der Waals surface area contributed by atoms with Crippen molar-refractivity contribution in [2.45, 2.75) is 71.9 Å². The molecule has 0 aromatic carbocycles. The number of rotatable bonds is 7. The predicted molar refractivity (Wildman–Crippen MR) is 119 cm³/mol. The minimum atomic E-state index is -0.476. The number of guanidine groups is 1. The van der Waals surface area contributed by atoms with E-state index in [1.165, 1.54) is 12.8 Å². The number of carbonyl (C=O) groups excluding carboxylic acids is 2. The first-order chi connectivity index (χ1) is 14.1. The van der Waals surface area contributed by atoms with E-state index in [1.807, 2.05) is 39.5 Å². The fourth-order valence-electron chi connectivity index (χ4n) is 3.56. The van der Waals surface area contributed by atoms with Gasteiger partial charge in [-0.25, -0.2) is 4.79 Å². The Morgan fingerprint density at radius 2 is 1.70 bits per heavy atom. The number of likely N-dealkylation sites (tertiary alicyclic amines) is 1. The molecule has 8 nitrogen and oxygen atoms in total. The smallest absolute Gasteiger partial charge is 0.410 e. The van der Waals surface area contributed by atoms with Crippen LogP contribution in [0.15, 0.2) is 4.99 Å². The minimum absolute atomic E-state index is 0.00750. The lowest BCUT2D eigenvalue weighted by molar-refractivity contribution is -0.123. The lowest BCUT2D eigenvalue weighted by Crippen LogP contribution is -2.53. The van der Waals surface area contributed by atoms with Crippen LogP contribution in [0.4, 0.5) is 4.79 Å². The maximum absolute atomic E-state index is 12.8. The molecule has 0 aromatic rings. The number of nitrogens with zero attached hydrogens (tertiary/aromatic N) is 3. The number of ether oxygens (including phenoxy) is 1. The molecule has 30 heavy (non-hydrogen) atoms. The van der Waals surface area contributed by atoms with Crippen LogP contribution in [0.1, 0.15) is 60.3 Å². The van der Waals surface area contributed by atoms with Crippen molar-refractivity contribution in [3.05, 3.63) is 0 Å². The first kappa shape index (κ1) is 24.3. The van der Waals surface area contributed by atoms with Gasteiger partial charge in [0.05, 0.1) is 0 Å². The topological polar surface area (TPSA) is 86.3 Å². The van der Waals surface area contributed by atoms with Gasteiger partial charge in [-0.2, -0.15) is 0 Å². The van der Waals surface area contributed by atoms with Crippen LogP contribution in [-0.4, -0.2) is 79.2 Å². The highest BCUT2D eigenvalue weighted by Crippen LogP contribution is 2.32. The average Bonchev–Trinajstić information content (AvgIpc) is 3.49. The van der Waals surface area contributed by atoms with Crippen LogP contribution in [0.25, 0.3) is 0 Å². The van der Waals surface area contributed by atoms with Gasteiger partial charge in [0.15, 0.2) is 5.96 Å². The van der Waals surface area contributed by atoms with Gasteiger partial charge in [-0.1, -0.05) is 13.8 Å². The molecule has 0 radical (unpaired) electrons. The van der Waals surface area contributed by atoms with E-state index in [0.29, 0.717) is 19.0 Å². The maximum Gasteiger partial charge on any atom is 0.410 e. The molecular weight excluding hydrogens is 382 g/mol. The summed E-state index contributed by atoms with van der Waals surface area (Å²) < 4.78 is 5.68. The van der Waals surface area contributed by atoms with E-state index in [4.69, 9.17) is 4.74 Å². The second kappa shape index (κ2) is 10.9. The van der Waals surface area contributed by atoms with Crippen LogP contribution in [-0.2, 0) is 9.53 Å². The fourth-order valence-corrected chi connectivity index (χ4v) is 3.56. The van der Waals surface area contributed by atoms with E-state index >= 15 is 0 Å². The molecule has 172 valence electrons. The van der Waals surface area contributed by atoms with Gasteiger partial charge in [-0.15, -0.1) is 0 Å². The largest absolute Gasteiger partial charge is 0.444 e. The highest BCUT2D eigenvalue weighted by Gasteiger charge is 2.35. The number of aliphatic imine (C=N–C) groups is 1. The molecule has 2 rings (SSSR count). The molecule has 2 fully saturated rings. The van der Waals surface area contributed by atoms with Crippen molar-refractivity contribution in [1.29, 1.82) is 0 Å². The maximum atomic E-state index is 12.8. The minimum Gasteiger partial charge on any atom is -0.444 e. The third kappa shape index (κ3) is 8.03. The Bertz CT molecular complexity index is 602. The Labute approximate surface area is 181 Å². The van der Waals surface area contributed by atoms with Crippen molar-refractivity contribution in [2.75, 3.05) is 39.8 Å². The Hall–Kier alpha value is -1.99. The predicted octanol–water partition coefficient (Wildman–Crippen LogP) is 2.45. The van der Waals surface area contributed by atoms with Gasteiger partial charge >= 0.3 is 6.09 Å². The van der Waals surface area contributed by atoms with E-state index in [-0.39, 0.29) is 24.0 Å². The average molecular weight is 424 g/mol. The quantitative estimate of drug-likeness (QED) is 0.373. The Morgan fingerprint density at radius 3 is 2.20 bits per heavy atom. The summed E-state index contributed by atoms with van der Waals surface area (Å²) in [7, 11) is 1.78. The van der Waals surface area contributed by atoms with E-state index < -0.39 is 5.60 Å². The molecule has 1 saturated carbocycles. The molecule has 0 bridgehead atoms. The van der Waals surface area contributed by atoms with Gasteiger partial charge in [-0.05, 0) is 52.4 Å². The summed E-state index contributed by atoms with van der Waals surface area (Å²) in [4.78, 5) is 33.0. The normalized spacial score (nSPS) is 18.4. The SMILES string of the molecule is CN=C(NCCNC(=O)C(C)C)N1CCC(N(CC2CC2)C(=O)OC(C)(C)C)CC1. The van der Waals surface area contributed by atoms with Crippen molar-refractivity contribution >= 4 is 18.0 Å². The summed E-state index contributed by atoms with van der Waals surface area (Å²) in [6.45, 7) is 13.2. The first-order valence-corrected chi connectivity index (χ1v) is 11.3. The van der Waals surface area contributed by atoms with Gasteiger partial charge in [0, 0.05) is 51.7 Å². The van der Waals surface area contributed by atoms with Gasteiger partial charge < -0.3 is 25.2 Å². The molecule has 8 heteroatoms. The van der Waals surface area contributed by atoms with Gasteiger partial charge in [0.2, 0.25) is 5.91 Å². The van der Waals surface area contributed by atoms with Crippen molar-refractivity contribution in [3.63, 3.8) is 0 Å². The Morgan fingerprint density at radius 1 is 1.10 bits per heavy atom. The zero-order valence-corrected chi connectivity index (χ0v) is 19.7. The van der Waals surface area contributed by atoms with Gasteiger partial charge in [0.25, 0.3) is 0 Å². The van der Waals surface area contributed by atoms with Crippen LogP contribution >= 0.6 is 0 Å². The third-order valence-electron chi connectivity index (χ3n) is 5.43. The fraction of sp³-hybridized carbons (Fsp3) is 0.864. The van der Waals surface area contributed by atoms with Crippen LogP contribution < -0.4 is 10.6 Å². The third-order valence-corrected chi connectivity index (χ3v) is 5.43. The van der Waals surface area contributed by atoms with E-state index in [9.17, 15) is 9.59 Å². The number of amides is 2. The molecule has 1 aliphatic carbocycles. The highest BCUT2D eigenvalue weighted by atomic mass is 16.6. The molecule has 1 saturated heterocycles. The summed E-state index contributed by atoms with van der Waals surface area (Å²) in [6.07, 6.45) is 4.04. The molecule has 2 aliphatic rings. The molecule has 2 N–H and O–H groups in total. The Kier molecular flexibility index (Phi) is 8.79. The number of hydrogen-bond acceptors (Lipinski definition) is 4. The lowest BCUT2D eigenvalue weighted by atomic mass is 10.0. The summed E-state index contributed by atoms with van der Waals surface area (Å²) in [5, 5.41) is 6.24. The number of nitrogens with one attached hydrogen (secondary N) is 2.